The number of benzene rings is 15. The van der Waals surface area contributed by atoms with Gasteiger partial charge in [0.1, 0.15) is 11.5 Å². The topological polar surface area (TPSA) is 20.6 Å². The molecule has 0 radical (unpaired) electrons. The minimum atomic E-state index is -0.738. The lowest BCUT2D eigenvalue weighted by atomic mass is 9.33. The van der Waals surface area contributed by atoms with Crippen molar-refractivity contribution in [2.45, 2.75) is 5.41 Å². The van der Waals surface area contributed by atoms with E-state index in [1.807, 2.05) is 0 Å². The highest BCUT2D eigenvalue weighted by Crippen LogP contribution is 2.63. The van der Waals surface area contributed by atoms with Gasteiger partial charge in [-0.1, -0.05) is 303 Å². The molecule has 5 heteroatoms. The van der Waals surface area contributed by atoms with E-state index in [0.717, 1.165) is 129 Å². The molecular weight excluding hydrogens is 1160 g/mol. The van der Waals surface area contributed by atoms with Crippen molar-refractivity contribution >= 4 is 79.0 Å². The largest absolute Gasteiger partial charge is 0.457 e. The lowest BCUT2D eigenvalue weighted by Crippen LogP contribution is -2.61. The van der Waals surface area contributed by atoms with E-state index in [2.05, 4.69) is 366 Å². The molecule has 0 saturated heterocycles. The van der Waals surface area contributed by atoms with Crippen LogP contribution < -0.4 is 30.9 Å². The molecule has 0 unspecified atom stereocenters. The zero-order chi connectivity index (χ0) is 63.0. The molecule has 1 aromatic heterocycles. The van der Waals surface area contributed by atoms with E-state index < -0.39 is 5.41 Å². The summed E-state index contributed by atoms with van der Waals surface area (Å²) in [6.07, 6.45) is 0. The van der Waals surface area contributed by atoms with Crippen molar-refractivity contribution < 1.29 is 4.74 Å². The monoisotopic (exact) mass is 1220 g/mol. The highest BCUT2D eigenvalue weighted by atomic mass is 16.5. The minimum Gasteiger partial charge on any atom is -0.457 e. The Kier molecular flexibility index (Phi) is 12.0. The lowest BCUT2D eigenvalue weighted by Gasteiger charge is -2.47. The van der Waals surface area contributed by atoms with Gasteiger partial charge in [0.2, 0.25) is 0 Å². The Hall–Kier alpha value is -12.4. The van der Waals surface area contributed by atoms with Crippen molar-refractivity contribution in [1.29, 1.82) is 0 Å². The smallest absolute Gasteiger partial charge is 0.252 e. The van der Waals surface area contributed by atoms with E-state index in [1.165, 1.54) is 49.4 Å². The summed E-state index contributed by atoms with van der Waals surface area (Å²) in [5, 5.41) is 2.44. The SMILES string of the molecule is c1ccc(-c2cc3c4c(c2)N(c2c(-c5ccccc5)cccc2-c2ccccc2)c2cc5c(cc2B4c2ccc(-n4c6ccccc6c6ccccc64)cc2N3c2c(-c3ccccc3)cccc2-c2ccccc2)C2(c3ccccc3O5)c3ccccc3-c3ccccc32)cc1. The second kappa shape index (κ2) is 21.3. The fourth-order valence-electron chi connectivity index (χ4n) is 16.9. The van der Waals surface area contributed by atoms with Gasteiger partial charge < -0.3 is 19.1 Å². The van der Waals surface area contributed by atoms with Gasteiger partial charge in [0, 0.05) is 78.7 Å². The molecule has 3 aliphatic heterocycles. The Labute approximate surface area is 558 Å². The third kappa shape index (κ3) is 7.86. The van der Waals surface area contributed by atoms with Crippen LogP contribution in [-0.4, -0.2) is 11.3 Å². The molecule has 1 aliphatic carbocycles. The molecule has 446 valence electrons. The first-order chi connectivity index (χ1) is 47.7. The molecular formula is C91H58BN3O. The van der Waals surface area contributed by atoms with E-state index >= 15 is 0 Å². The first-order valence-corrected chi connectivity index (χ1v) is 33.3. The highest BCUT2D eigenvalue weighted by Gasteiger charge is 2.53. The number of nitrogens with zero attached hydrogens (tertiary/aromatic N) is 3. The van der Waals surface area contributed by atoms with Crippen molar-refractivity contribution in [3.8, 4) is 83.9 Å². The molecule has 4 aliphatic rings. The van der Waals surface area contributed by atoms with Gasteiger partial charge in [0.25, 0.3) is 6.71 Å². The zero-order valence-electron chi connectivity index (χ0n) is 52.3. The fourth-order valence-corrected chi connectivity index (χ4v) is 16.9. The summed E-state index contributed by atoms with van der Waals surface area (Å²) in [4.78, 5) is 5.32. The fraction of sp³-hybridized carbons (Fsp3) is 0.0110. The zero-order valence-corrected chi connectivity index (χ0v) is 52.3. The molecule has 0 N–H and O–H groups in total. The summed E-state index contributed by atoms with van der Waals surface area (Å²) >= 11 is 0. The molecule has 0 fully saturated rings. The quantitative estimate of drug-likeness (QED) is 0.141. The van der Waals surface area contributed by atoms with Crippen LogP contribution in [0.4, 0.5) is 34.1 Å². The summed E-state index contributed by atoms with van der Waals surface area (Å²) < 4.78 is 10.1. The van der Waals surface area contributed by atoms with Crippen LogP contribution in [0.3, 0.4) is 0 Å². The van der Waals surface area contributed by atoms with Crippen molar-refractivity contribution in [2.75, 3.05) is 9.80 Å². The maximum Gasteiger partial charge on any atom is 0.252 e. The maximum absolute atomic E-state index is 7.61. The van der Waals surface area contributed by atoms with Gasteiger partial charge >= 0.3 is 0 Å². The molecule has 4 heterocycles. The molecule has 1 spiro atoms. The van der Waals surface area contributed by atoms with Crippen LogP contribution in [0.1, 0.15) is 22.3 Å². The van der Waals surface area contributed by atoms with Crippen molar-refractivity contribution in [2.24, 2.45) is 0 Å². The summed E-state index contributed by atoms with van der Waals surface area (Å²) in [6, 6.07) is 131. The van der Waals surface area contributed by atoms with Crippen LogP contribution >= 0.6 is 0 Å². The number of ether oxygens (including phenoxy) is 1. The minimum absolute atomic E-state index is 0.316. The Bertz CT molecular complexity index is 5610. The van der Waals surface area contributed by atoms with Crippen LogP contribution in [0.2, 0.25) is 0 Å². The normalized spacial score (nSPS) is 13.3. The van der Waals surface area contributed by atoms with Gasteiger partial charge in [-0.2, -0.15) is 0 Å². The molecule has 15 aromatic carbocycles. The van der Waals surface area contributed by atoms with E-state index in [9.17, 15) is 0 Å². The standard InChI is InChI=1S/C91H58BN3O/c1-6-28-59(29-7-1)64-54-84-88-85(55-64)95(90-68(62-34-12-4-13-35-62)44-27-45-69(90)63-36-14-5-15-37-63)83-58-87-77(91(76-48-22-25-51-86(76)96-87)74-46-20-16-38-70(74)71-39-17-21-47-75(71)91)57-79(83)92(88)78-53-52-65(93-80-49-23-18-40-72(80)73-41-19-24-50-81(73)93)56-82(78)94(84)89-66(60-30-8-2-9-31-60)42-26-43-67(89)61-32-10-3-11-33-61/h1-58H. The second-order valence-electron chi connectivity index (χ2n) is 25.7. The number of aromatic nitrogens is 1. The number of hydrogen-bond donors (Lipinski definition) is 0. The van der Waals surface area contributed by atoms with Gasteiger partial charge in [0.15, 0.2) is 0 Å². The molecule has 16 aromatic rings. The van der Waals surface area contributed by atoms with Gasteiger partial charge in [0.05, 0.1) is 27.8 Å². The summed E-state index contributed by atoms with van der Waals surface area (Å²) in [5.41, 5.74) is 31.2. The predicted octanol–water partition coefficient (Wildman–Crippen LogP) is 21.7. The van der Waals surface area contributed by atoms with E-state index in [0.29, 0.717) is 0 Å². The second-order valence-corrected chi connectivity index (χ2v) is 25.7. The average molecular weight is 1220 g/mol. The predicted molar refractivity (Wildman–Crippen MR) is 399 cm³/mol. The van der Waals surface area contributed by atoms with Gasteiger partial charge in [-0.3, -0.25) is 0 Å². The number of anilines is 6. The number of fused-ring (bicyclic) bond motifs is 16. The van der Waals surface area contributed by atoms with Crippen molar-refractivity contribution in [1.82, 2.24) is 4.57 Å². The van der Waals surface area contributed by atoms with Gasteiger partial charge in [-0.25, -0.2) is 0 Å². The average Bonchev–Trinajstić information content (AvgIpc) is 1.34. The number of hydrogen-bond acceptors (Lipinski definition) is 3. The highest BCUT2D eigenvalue weighted by molar-refractivity contribution is 7.00. The Balaban J connectivity index is 0.985. The Morgan fingerprint density at radius 2 is 0.667 bits per heavy atom. The summed E-state index contributed by atoms with van der Waals surface area (Å²) in [7, 11) is 0. The third-order valence-electron chi connectivity index (χ3n) is 20.8. The van der Waals surface area contributed by atoms with Gasteiger partial charge in [-0.15, -0.1) is 0 Å². The Morgan fingerprint density at radius 1 is 0.260 bits per heavy atom. The van der Waals surface area contributed by atoms with Crippen LogP contribution in [0.15, 0.2) is 352 Å². The molecule has 0 atom stereocenters. The third-order valence-corrected chi connectivity index (χ3v) is 20.8. The Morgan fingerprint density at radius 3 is 1.17 bits per heavy atom. The van der Waals surface area contributed by atoms with Crippen molar-refractivity contribution in [3.05, 3.63) is 374 Å². The number of para-hydroxylation sites is 5. The van der Waals surface area contributed by atoms with E-state index in [-0.39, 0.29) is 6.71 Å². The molecule has 96 heavy (non-hydrogen) atoms. The molecule has 4 nitrogen and oxygen atoms in total. The van der Waals surface area contributed by atoms with Gasteiger partial charge in [-0.05, 0) is 114 Å². The van der Waals surface area contributed by atoms with Crippen LogP contribution in [-0.2, 0) is 5.41 Å². The van der Waals surface area contributed by atoms with Crippen LogP contribution in [0, 0.1) is 0 Å². The molecule has 20 rings (SSSR count). The lowest BCUT2D eigenvalue weighted by molar-refractivity contribution is 0.437. The van der Waals surface area contributed by atoms with Crippen LogP contribution in [0.5, 0.6) is 11.5 Å². The van der Waals surface area contributed by atoms with E-state index in [1.54, 1.807) is 0 Å². The van der Waals surface area contributed by atoms with Crippen LogP contribution in [0.25, 0.3) is 94.3 Å². The molecule has 0 bridgehead atoms. The summed E-state index contributed by atoms with van der Waals surface area (Å²) in [5.74, 6) is 1.68. The maximum atomic E-state index is 7.61. The summed E-state index contributed by atoms with van der Waals surface area (Å²) in [6.45, 7) is -0.316. The first-order valence-electron chi connectivity index (χ1n) is 33.3. The van der Waals surface area contributed by atoms with E-state index in [4.69, 9.17) is 4.74 Å². The molecule has 0 amide bonds. The number of rotatable bonds is 8. The first kappa shape index (κ1) is 54.2. The molecule has 0 saturated carbocycles. The van der Waals surface area contributed by atoms with Crippen molar-refractivity contribution in [3.63, 3.8) is 0 Å².